The lowest BCUT2D eigenvalue weighted by molar-refractivity contribution is -0.119. The molecule has 0 spiro atoms. The summed E-state index contributed by atoms with van der Waals surface area (Å²) < 4.78 is 5.22. The van der Waals surface area contributed by atoms with Crippen LogP contribution in [0.2, 0.25) is 0 Å². The smallest absolute Gasteiger partial charge is 0.246 e. The van der Waals surface area contributed by atoms with Crippen molar-refractivity contribution in [3.05, 3.63) is 90.0 Å². The van der Waals surface area contributed by atoms with Gasteiger partial charge in [-0.15, -0.1) is 0 Å². The molecule has 3 aromatic carbocycles. The SMILES string of the molecule is CCc1ccccc1NC(=O)CN[C@@H](C(=O)Nc1cccc(OC)c1)c1ccccc1. The number of anilines is 2. The Morgan fingerprint density at radius 3 is 2.39 bits per heavy atom. The predicted octanol–water partition coefficient (Wildman–Crippen LogP) is 4.17. The zero-order valence-electron chi connectivity index (χ0n) is 17.7. The summed E-state index contributed by atoms with van der Waals surface area (Å²) in [6.07, 6.45) is 0.819. The number of hydrogen-bond donors (Lipinski definition) is 3. The number of nitrogens with one attached hydrogen (secondary N) is 3. The minimum absolute atomic E-state index is 0.0108. The third-order valence-corrected chi connectivity index (χ3v) is 4.87. The van der Waals surface area contributed by atoms with Crippen molar-refractivity contribution in [2.45, 2.75) is 19.4 Å². The van der Waals surface area contributed by atoms with Gasteiger partial charge < -0.3 is 15.4 Å². The molecule has 1 atom stereocenters. The van der Waals surface area contributed by atoms with E-state index in [1.54, 1.807) is 31.4 Å². The van der Waals surface area contributed by atoms with Crippen molar-refractivity contribution < 1.29 is 14.3 Å². The Morgan fingerprint density at radius 2 is 1.65 bits per heavy atom. The molecule has 6 heteroatoms. The Hall–Kier alpha value is -3.64. The molecule has 0 fully saturated rings. The molecule has 6 nitrogen and oxygen atoms in total. The summed E-state index contributed by atoms with van der Waals surface area (Å²) in [5.41, 5.74) is 3.23. The Balaban J connectivity index is 1.70. The van der Waals surface area contributed by atoms with Gasteiger partial charge in [-0.2, -0.15) is 0 Å². The van der Waals surface area contributed by atoms with Gasteiger partial charge in [0, 0.05) is 17.4 Å². The molecular weight excluding hydrogens is 390 g/mol. The molecule has 2 amide bonds. The summed E-state index contributed by atoms with van der Waals surface area (Å²) in [5, 5.41) is 8.90. The first-order chi connectivity index (χ1) is 15.1. The van der Waals surface area contributed by atoms with Gasteiger partial charge in [-0.1, -0.05) is 61.5 Å². The quantitative estimate of drug-likeness (QED) is 0.488. The van der Waals surface area contributed by atoms with Crippen molar-refractivity contribution in [2.75, 3.05) is 24.3 Å². The zero-order valence-corrected chi connectivity index (χ0v) is 17.7. The van der Waals surface area contributed by atoms with Crippen molar-refractivity contribution >= 4 is 23.2 Å². The molecule has 31 heavy (non-hydrogen) atoms. The molecule has 160 valence electrons. The molecule has 0 heterocycles. The maximum absolute atomic E-state index is 13.0. The first-order valence-corrected chi connectivity index (χ1v) is 10.2. The second-order valence-electron chi connectivity index (χ2n) is 7.00. The van der Waals surface area contributed by atoms with Crippen molar-refractivity contribution in [3.8, 4) is 5.75 Å². The molecule has 0 aliphatic heterocycles. The molecule has 0 aliphatic rings. The third-order valence-electron chi connectivity index (χ3n) is 4.87. The van der Waals surface area contributed by atoms with Crippen LogP contribution in [-0.2, 0) is 16.0 Å². The summed E-state index contributed by atoms with van der Waals surface area (Å²) in [7, 11) is 1.57. The molecule has 3 rings (SSSR count). The second kappa shape index (κ2) is 10.9. The molecule has 0 unspecified atom stereocenters. The number of amides is 2. The molecule has 3 aromatic rings. The van der Waals surface area contributed by atoms with Gasteiger partial charge in [-0.3, -0.25) is 14.9 Å². The van der Waals surface area contributed by atoms with Crippen LogP contribution < -0.4 is 20.7 Å². The standard InChI is InChI=1S/C25H27N3O3/c1-3-18-10-7-8-15-22(18)28-23(29)17-26-24(19-11-5-4-6-12-19)25(30)27-20-13-9-14-21(16-20)31-2/h4-16,24,26H,3,17H2,1-2H3,(H,27,30)(H,28,29)/t24-/m1/s1. The van der Waals surface area contributed by atoms with E-state index in [2.05, 4.69) is 16.0 Å². The summed E-state index contributed by atoms with van der Waals surface area (Å²) in [6.45, 7) is 2.03. The molecule has 3 N–H and O–H groups in total. The van der Waals surface area contributed by atoms with E-state index in [1.165, 1.54) is 0 Å². The fraction of sp³-hybridized carbons (Fsp3) is 0.200. The molecule has 0 saturated heterocycles. The molecule has 0 bridgehead atoms. The normalized spacial score (nSPS) is 11.4. The number of para-hydroxylation sites is 1. The van der Waals surface area contributed by atoms with Crippen molar-refractivity contribution in [1.82, 2.24) is 5.32 Å². The molecule has 0 saturated carbocycles. The van der Waals surface area contributed by atoms with Gasteiger partial charge >= 0.3 is 0 Å². The van der Waals surface area contributed by atoms with Gasteiger partial charge in [-0.05, 0) is 35.7 Å². The minimum Gasteiger partial charge on any atom is -0.497 e. The van der Waals surface area contributed by atoms with Crippen LogP contribution in [0, 0.1) is 0 Å². The van der Waals surface area contributed by atoms with Crippen LogP contribution in [0.5, 0.6) is 5.75 Å². The molecule has 0 aliphatic carbocycles. The van der Waals surface area contributed by atoms with E-state index < -0.39 is 6.04 Å². The maximum atomic E-state index is 13.0. The van der Waals surface area contributed by atoms with Crippen LogP contribution in [0.1, 0.15) is 24.1 Å². The summed E-state index contributed by atoms with van der Waals surface area (Å²) >= 11 is 0. The van der Waals surface area contributed by atoms with E-state index >= 15 is 0 Å². The van der Waals surface area contributed by atoms with Gasteiger partial charge in [0.2, 0.25) is 11.8 Å². The Bertz CT molecular complexity index is 1020. The summed E-state index contributed by atoms with van der Waals surface area (Å²) in [4.78, 5) is 25.6. The van der Waals surface area contributed by atoms with Gasteiger partial charge in [0.05, 0.1) is 13.7 Å². The van der Waals surface area contributed by atoms with Crippen LogP contribution in [0.4, 0.5) is 11.4 Å². The fourth-order valence-electron chi connectivity index (χ4n) is 3.26. The average Bonchev–Trinajstić information content (AvgIpc) is 2.80. The van der Waals surface area contributed by atoms with Crippen LogP contribution in [0.3, 0.4) is 0 Å². The van der Waals surface area contributed by atoms with E-state index in [-0.39, 0.29) is 18.4 Å². The predicted molar refractivity (Wildman–Crippen MR) is 123 cm³/mol. The molecular formula is C25H27N3O3. The lowest BCUT2D eigenvalue weighted by atomic mass is 10.1. The Morgan fingerprint density at radius 1 is 0.903 bits per heavy atom. The van der Waals surface area contributed by atoms with Crippen LogP contribution in [-0.4, -0.2) is 25.5 Å². The number of rotatable bonds is 9. The molecule has 0 radical (unpaired) electrons. The number of carbonyl (C=O) groups excluding carboxylic acids is 2. The number of methoxy groups -OCH3 is 1. The average molecular weight is 418 g/mol. The van der Waals surface area contributed by atoms with E-state index in [9.17, 15) is 9.59 Å². The Labute approximate surface area is 182 Å². The van der Waals surface area contributed by atoms with Crippen molar-refractivity contribution in [2.24, 2.45) is 0 Å². The highest BCUT2D eigenvalue weighted by Gasteiger charge is 2.21. The third kappa shape index (κ3) is 6.17. The van der Waals surface area contributed by atoms with E-state index in [0.29, 0.717) is 11.4 Å². The topological polar surface area (TPSA) is 79.5 Å². The van der Waals surface area contributed by atoms with Gasteiger partial charge in [0.25, 0.3) is 0 Å². The number of aryl methyl sites for hydroxylation is 1. The van der Waals surface area contributed by atoms with Gasteiger partial charge in [-0.25, -0.2) is 0 Å². The van der Waals surface area contributed by atoms with Crippen LogP contribution in [0.25, 0.3) is 0 Å². The van der Waals surface area contributed by atoms with E-state index in [1.807, 2.05) is 61.5 Å². The second-order valence-corrected chi connectivity index (χ2v) is 7.00. The first-order valence-electron chi connectivity index (χ1n) is 10.2. The first kappa shape index (κ1) is 22.1. The summed E-state index contributed by atoms with van der Waals surface area (Å²) in [5.74, 6) is 0.174. The largest absolute Gasteiger partial charge is 0.497 e. The highest BCUT2D eigenvalue weighted by molar-refractivity contribution is 5.97. The number of benzene rings is 3. The lowest BCUT2D eigenvalue weighted by Crippen LogP contribution is -2.37. The van der Waals surface area contributed by atoms with Crippen molar-refractivity contribution in [3.63, 3.8) is 0 Å². The molecule has 0 aromatic heterocycles. The van der Waals surface area contributed by atoms with E-state index in [0.717, 1.165) is 23.2 Å². The number of hydrogen-bond acceptors (Lipinski definition) is 4. The zero-order chi connectivity index (χ0) is 22.1. The van der Waals surface area contributed by atoms with Gasteiger partial charge in [0.15, 0.2) is 0 Å². The highest BCUT2D eigenvalue weighted by Crippen LogP contribution is 2.20. The summed E-state index contributed by atoms with van der Waals surface area (Å²) in [6, 6.07) is 23.5. The van der Waals surface area contributed by atoms with Gasteiger partial charge in [0.1, 0.15) is 11.8 Å². The monoisotopic (exact) mass is 417 g/mol. The lowest BCUT2D eigenvalue weighted by Gasteiger charge is -2.19. The van der Waals surface area contributed by atoms with Crippen LogP contribution in [0.15, 0.2) is 78.9 Å². The van der Waals surface area contributed by atoms with Crippen LogP contribution >= 0.6 is 0 Å². The Kier molecular flexibility index (Phi) is 7.79. The maximum Gasteiger partial charge on any atom is 0.246 e. The minimum atomic E-state index is -0.695. The number of ether oxygens (including phenoxy) is 1. The highest BCUT2D eigenvalue weighted by atomic mass is 16.5. The van der Waals surface area contributed by atoms with Crippen molar-refractivity contribution in [1.29, 1.82) is 0 Å². The van der Waals surface area contributed by atoms with E-state index in [4.69, 9.17) is 4.74 Å². The fourth-order valence-corrected chi connectivity index (χ4v) is 3.26. The number of carbonyl (C=O) groups is 2.